The summed E-state index contributed by atoms with van der Waals surface area (Å²) in [6.07, 6.45) is 0. The van der Waals surface area contributed by atoms with Gasteiger partial charge in [-0.25, -0.2) is 0 Å². The molecule has 0 unspecified atom stereocenters. The van der Waals surface area contributed by atoms with Crippen molar-refractivity contribution in [2.75, 3.05) is 40.3 Å². The van der Waals surface area contributed by atoms with Gasteiger partial charge in [0.1, 0.15) is 8.37 Å². The van der Waals surface area contributed by atoms with Crippen LogP contribution in [-0.2, 0) is 0 Å². The maximum Gasteiger partial charge on any atom is 0.119 e. The minimum atomic E-state index is -0.0154. The summed E-state index contributed by atoms with van der Waals surface area (Å²) >= 11 is 0. The molecule has 2 aliphatic rings. The predicted molar refractivity (Wildman–Crippen MR) is 43.8 cm³/mol. The van der Waals surface area contributed by atoms with Crippen molar-refractivity contribution in [1.82, 2.24) is 14.0 Å². The molecule has 2 aliphatic heterocycles. The Morgan fingerprint density at radius 3 is 1.60 bits per heavy atom. The highest BCUT2D eigenvalue weighted by Crippen LogP contribution is 2.53. The molecule has 2 fully saturated rings. The van der Waals surface area contributed by atoms with E-state index in [0.29, 0.717) is 0 Å². The number of rotatable bonds is 3. The van der Waals surface area contributed by atoms with Crippen LogP contribution in [-0.4, -0.2) is 54.3 Å². The quantitative estimate of drug-likeness (QED) is 0.436. The molecule has 0 atom stereocenters. The van der Waals surface area contributed by atoms with Gasteiger partial charge in [-0.1, -0.05) is 0 Å². The fourth-order valence-corrected chi connectivity index (χ4v) is 3.40. The number of nitrogens with zero attached hydrogens (tertiary/aromatic N) is 3. The summed E-state index contributed by atoms with van der Waals surface area (Å²) in [5, 5.41) is 0. The van der Waals surface area contributed by atoms with Gasteiger partial charge in [0.25, 0.3) is 0 Å². The average Bonchev–Trinajstić information content (AvgIpc) is 2.49. The molecule has 0 radical (unpaired) electrons. The minimum absolute atomic E-state index is 0.0154. The number of hydrogen-bond donors (Lipinski definition) is 0. The van der Waals surface area contributed by atoms with Gasteiger partial charge in [0.05, 0.1) is 0 Å². The molecular weight excluding hydrogens is 145 g/mol. The zero-order valence-electron chi connectivity index (χ0n) is 6.62. The summed E-state index contributed by atoms with van der Waals surface area (Å²) in [5.41, 5.74) is 0. The van der Waals surface area contributed by atoms with Crippen LogP contribution in [0, 0.1) is 0 Å². The van der Waals surface area contributed by atoms with Gasteiger partial charge >= 0.3 is 0 Å². The second-order valence-corrected chi connectivity index (χ2v) is 5.49. The van der Waals surface area contributed by atoms with Crippen LogP contribution in [0.1, 0.15) is 0 Å². The summed E-state index contributed by atoms with van der Waals surface area (Å²) in [6, 6.07) is 0. The molecule has 10 heavy (non-hydrogen) atoms. The van der Waals surface area contributed by atoms with Crippen molar-refractivity contribution in [3.63, 3.8) is 0 Å². The highest BCUT2D eigenvalue weighted by atomic mass is 31.2. The molecular formula is C6H14N3P. The van der Waals surface area contributed by atoms with E-state index in [1.54, 1.807) is 0 Å². The van der Waals surface area contributed by atoms with Crippen LogP contribution in [0.3, 0.4) is 0 Å². The van der Waals surface area contributed by atoms with Gasteiger partial charge in [-0.3, -0.25) is 14.0 Å². The van der Waals surface area contributed by atoms with Crippen molar-refractivity contribution >= 4 is 8.37 Å². The Labute approximate surface area is 63.5 Å². The molecule has 4 heteroatoms. The lowest BCUT2D eigenvalue weighted by atomic mass is 11.0. The summed E-state index contributed by atoms with van der Waals surface area (Å²) < 4.78 is 7.44. The zero-order chi connectivity index (χ0) is 7.14. The first-order valence-electron chi connectivity index (χ1n) is 3.76. The third kappa shape index (κ3) is 1.32. The lowest BCUT2D eigenvalue weighted by molar-refractivity contribution is 0.591. The van der Waals surface area contributed by atoms with Crippen LogP contribution in [0.2, 0.25) is 0 Å². The zero-order valence-corrected chi connectivity index (χ0v) is 7.51. The van der Waals surface area contributed by atoms with Crippen molar-refractivity contribution in [1.29, 1.82) is 0 Å². The molecule has 0 aliphatic carbocycles. The van der Waals surface area contributed by atoms with Gasteiger partial charge in [-0.15, -0.1) is 0 Å². The largest absolute Gasteiger partial charge is 0.263 e. The second-order valence-electron chi connectivity index (χ2n) is 3.02. The molecule has 0 amide bonds. The Hall–Kier alpha value is 0.310. The molecule has 58 valence electrons. The first-order chi connectivity index (χ1) is 4.79. The van der Waals surface area contributed by atoms with Crippen molar-refractivity contribution in [2.24, 2.45) is 0 Å². The monoisotopic (exact) mass is 159 g/mol. The normalized spacial score (nSPS) is 26.4. The van der Waals surface area contributed by atoms with Gasteiger partial charge in [0, 0.05) is 26.2 Å². The fraction of sp³-hybridized carbons (Fsp3) is 1.00. The summed E-state index contributed by atoms with van der Waals surface area (Å²) in [4.78, 5) is 0. The topological polar surface area (TPSA) is 9.26 Å². The highest BCUT2D eigenvalue weighted by molar-refractivity contribution is 7.50. The van der Waals surface area contributed by atoms with E-state index in [9.17, 15) is 0 Å². The van der Waals surface area contributed by atoms with Crippen molar-refractivity contribution in [3.8, 4) is 0 Å². The maximum absolute atomic E-state index is 2.54. The smallest absolute Gasteiger partial charge is 0.119 e. The lowest BCUT2D eigenvalue weighted by Crippen LogP contribution is -2.14. The Bertz CT molecular complexity index is 116. The van der Waals surface area contributed by atoms with E-state index in [1.165, 1.54) is 26.2 Å². The van der Waals surface area contributed by atoms with E-state index in [4.69, 9.17) is 0 Å². The number of hydrogen-bond acceptors (Lipinski definition) is 3. The van der Waals surface area contributed by atoms with Crippen molar-refractivity contribution in [3.05, 3.63) is 0 Å². The van der Waals surface area contributed by atoms with Crippen molar-refractivity contribution in [2.45, 2.75) is 0 Å². The maximum atomic E-state index is 2.54. The molecule has 3 nitrogen and oxygen atoms in total. The average molecular weight is 159 g/mol. The standard InChI is InChI=1S/C6H14N3P/c1-7(2)10(8-3-4-8)9-5-6-9/h3-6H2,1-2H3. The Morgan fingerprint density at radius 1 is 1.00 bits per heavy atom. The fourth-order valence-electron chi connectivity index (χ4n) is 1.13. The van der Waals surface area contributed by atoms with Gasteiger partial charge < -0.3 is 0 Å². The SMILES string of the molecule is CN(C)P(N1CC1)N1CC1. The van der Waals surface area contributed by atoms with Crippen LogP contribution in [0.25, 0.3) is 0 Å². The molecule has 0 aromatic heterocycles. The van der Waals surface area contributed by atoms with Gasteiger partial charge in [0.15, 0.2) is 0 Å². The molecule has 2 rings (SSSR count). The third-order valence-electron chi connectivity index (χ3n) is 1.71. The summed E-state index contributed by atoms with van der Waals surface area (Å²) in [6.45, 7) is 5.28. The molecule has 0 N–H and O–H groups in total. The highest BCUT2D eigenvalue weighted by Gasteiger charge is 2.39. The summed E-state index contributed by atoms with van der Waals surface area (Å²) in [7, 11) is 4.35. The predicted octanol–water partition coefficient (Wildman–Crippen LogP) is 0.406. The van der Waals surface area contributed by atoms with E-state index in [0.717, 1.165) is 0 Å². The molecule has 0 saturated carbocycles. The van der Waals surface area contributed by atoms with E-state index in [-0.39, 0.29) is 8.37 Å². The molecule has 0 aromatic rings. The Kier molecular flexibility index (Phi) is 1.69. The first-order valence-corrected chi connectivity index (χ1v) is 4.96. The van der Waals surface area contributed by atoms with E-state index >= 15 is 0 Å². The molecule has 2 heterocycles. The first kappa shape index (κ1) is 6.99. The van der Waals surface area contributed by atoms with Gasteiger partial charge in [-0.2, -0.15) is 0 Å². The van der Waals surface area contributed by atoms with Crippen LogP contribution in [0.5, 0.6) is 0 Å². The minimum Gasteiger partial charge on any atom is -0.263 e. The van der Waals surface area contributed by atoms with Crippen LogP contribution >= 0.6 is 8.37 Å². The molecule has 0 aromatic carbocycles. The summed E-state index contributed by atoms with van der Waals surface area (Å²) in [5.74, 6) is 0. The second kappa shape index (κ2) is 2.42. The van der Waals surface area contributed by atoms with E-state index in [1.807, 2.05) is 0 Å². The van der Waals surface area contributed by atoms with Crippen LogP contribution in [0.4, 0.5) is 0 Å². The Morgan fingerprint density at radius 2 is 1.40 bits per heavy atom. The van der Waals surface area contributed by atoms with Crippen LogP contribution in [0.15, 0.2) is 0 Å². The van der Waals surface area contributed by atoms with E-state index < -0.39 is 0 Å². The van der Waals surface area contributed by atoms with Gasteiger partial charge in [0.2, 0.25) is 0 Å². The molecule has 0 spiro atoms. The lowest BCUT2D eigenvalue weighted by Gasteiger charge is -2.25. The van der Waals surface area contributed by atoms with Crippen LogP contribution < -0.4 is 0 Å². The molecule has 0 bridgehead atoms. The molecule has 2 saturated heterocycles. The van der Waals surface area contributed by atoms with E-state index in [2.05, 4.69) is 28.1 Å². The Balaban J connectivity index is 1.92. The van der Waals surface area contributed by atoms with Gasteiger partial charge in [-0.05, 0) is 14.1 Å². The third-order valence-corrected chi connectivity index (χ3v) is 4.24. The van der Waals surface area contributed by atoms with Crippen molar-refractivity contribution < 1.29 is 0 Å².